The van der Waals surface area contributed by atoms with Gasteiger partial charge in [-0.1, -0.05) is 17.7 Å². The summed E-state index contributed by atoms with van der Waals surface area (Å²) in [5.41, 5.74) is 1.42. The molecule has 8 nitrogen and oxygen atoms in total. The van der Waals surface area contributed by atoms with Crippen LogP contribution in [0.3, 0.4) is 0 Å². The van der Waals surface area contributed by atoms with Gasteiger partial charge in [0, 0.05) is 12.1 Å². The van der Waals surface area contributed by atoms with Crippen molar-refractivity contribution in [3.63, 3.8) is 0 Å². The molecule has 0 bridgehead atoms. The van der Waals surface area contributed by atoms with Gasteiger partial charge < -0.3 is 15.3 Å². The van der Waals surface area contributed by atoms with E-state index in [0.717, 1.165) is 5.56 Å². The van der Waals surface area contributed by atoms with Crippen molar-refractivity contribution >= 4 is 40.1 Å². The molecule has 0 unspecified atom stereocenters. The first-order valence-corrected chi connectivity index (χ1v) is 11.4. The first kappa shape index (κ1) is 23.2. The highest BCUT2D eigenvalue weighted by molar-refractivity contribution is 6.29. The third-order valence-corrected chi connectivity index (χ3v) is 6.96. The number of nitrogens with one attached hydrogen (secondary N) is 1. The van der Waals surface area contributed by atoms with E-state index in [1.165, 1.54) is 17.0 Å². The largest absolute Gasteiger partial charge is 0.476 e. The zero-order chi connectivity index (χ0) is 25.1. The van der Waals surface area contributed by atoms with Crippen molar-refractivity contribution in [3.8, 4) is 6.07 Å². The third kappa shape index (κ3) is 3.90. The fraction of sp³-hybridized carbons (Fsp3) is 0.375. The van der Waals surface area contributed by atoms with E-state index in [1.807, 2.05) is 26.0 Å². The zero-order valence-electron chi connectivity index (χ0n) is 18.9. The second-order valence-electron chi connectivity index (χ2n) is 9.27. The number of rotatable bonds is 5. The van der Waals surface area contributed by atoms with Gasteiger partial charge in [-0.2, -0.15) is 5.26 Å². The standard InChI is InChI=1S/C24H21ClF2N6O2/c1-12-7-14(13(2)29-15-3-4-18(25)31-20(15)22(34)35)19-16(8-12)30-17(9-28)21(32-19)33-10-23(5-6-23)24(26,27)11-33/h3-4,7-8,13,29H,5-6,10-11H2,1-2H3,(H,34,35)/t13-/m1/s1. The summed E-state index contributed by atoms with van der Waals surface area (Å²) in [4.78, 5) is 26.1. The van der Waals surface area contributed by atoms with E-state index in [9.17, 15) is 23.9 Å². The number of hydrogen-bond acceptors (Lipinski definition) is 7. The number of nitrogens with zero attached hydrogens (tertiary/aromatic N) is 5. The Kier molecular flexibility index (Phi) is 5.29. The Hall–Kier alpha value is -3.58. The van der Waals surface area contributed by atoms with Gasteiger partial charge in [0.15, 0.2) is 17.2 Å². The number of carboxylic acids is 1. The minimum atomic E-state index is -2.85. The van der Waals surface area contributed by atoms with Crippen molar-refractivity contribution in [2.45, 2.75) is 38.7 Å². The molecule has 3 aromatic rings. The van der Waals surface area contributed by atoms with Crippen molar-refractivity contribution in [1.82, 2.24) is 15.0 Å². The highest BCUT2D eigenvalue weighted by Crippen LogP contribution is 2.61. The molecule has 5 rings (SSSR count). The molecule has 180 valence electrons. The molecule has 2 aliphatic rings. The molecule has 1 aliphatic heterocycles. The summed E-state index contributed by atoms with van der Waals surface area (Å²) in [6.45, 7) is 3.30. The van der Waals surface area contributed by atoms with Gasteiger partial charge in [0.2, 0.25) is 0 Å². The Morgan fingerprint density at radius 2 is 2.00 bits per heavy atom. The lowest BCUT2D eigenvalue weighted by atomic mass is 10.0. The fourth-order valence-corrected chi connectivity index (χ4v) is 4.89. The number of aryl methyl sites for hydroxylation is 1. The van der Waals surface area contributed by atoms with E-state index in [2.05, 4.69) is 20.3 Å². The molecule has 2 fully saturated rings. The number of aromatic carboxylic acids is 1. The topological polar surface area (TPSA) is 115 Å². The van der Waals surface area contributed by atoms with Gasteiger partial charge in [-0.3, -0.25) is 0 Å². The highest BCUT2D eigenvalue weighted by atomic mass is 35.5. The molecular weight excluding hydrogens is 478 g/mol. The second kappa shape index (κ2) is 7.99. The maximum absolute atomic E-state index is 14.7. The molecule has 2 aromatic heterocycles. The number of carboxylic acid groups (broad SMARTS) is 1. The molecule has 3 heterocycles. The molecule has 11 heteroatoms. The zero-order valence-corrected chi connectivity index (χ0v) is 19.7. The highest BCUT2D eigenvalue weighted by Gasteiger charge is 2.67. The number of aromatic nitrogens is 3. The number of nitriles is 1. The molecule has 1 aliphatic carbocycles. The van der Waals surface area contributed by atoms with Crippen LogP contribution in [0.2, 0.25) is 5.15 Å². The number of benzene rings is 1. The van der Waals surface area contributed by atoms with E-state index in [4.69, 9.17) is 11.6 Å². The van der Waals surface area contributed by atoms with Crippen LogP contribution in [0.25, 0.3) is 11.0 Å². The van der Waals surface area contributed by atoms with Gasteiger partial charge in [0.1, 0.15) is 11.2 Å². The van der Waals surface area contributed by atoms with Crippen molar-refractivity contribution in [2.75, 3.05) is 23.3 Å². The van der Waals surface area contributed by atoms with E-state index in [0.29, 0.717) is 29.4 Å². The Labute approximate surface area is 204 Å². The summed E-state index contributed by atoms with van der Waals surface area (Å²) in [6, 6.07) is 8.21. The predicted octanol–water partition coefficient (Wildman–Crippen LogP) is 4.97. The smallest absolute Gasteiger partial charge is 0.356 e. The minimum absolute atomic E-state index is 0.00164. The number of alkyl halides is 2. The summed E-state index contributed by atoms with van der Waals surface area (Å²) in [5, 5.41) is 22.4. The van der Waals surface area contributed by atoms with Crippen molar-refractivity contribution in [3.05, 3.63) is 51.9 Å². The fourth-order valence-electron chi connectivity index (χ4n) is 4.74. The van der Waals surface area contributed by atoms with Crippen molar-refractivity contribution in [1.29, 1.82) is 5.26 Å². The van der Waals surface area contributed by atoms with Crippen LogP contribution in [0.4, 0.5) is 20.3 Å². The summed E-state index contributed by atoms with van der Waals surface area (Å²) in [5.74, 6) is -3.95. The van der Waals surface area contributed by atoms with Crippen LogP contribution in [0.5, 0.6) is 0 Å². The molecule has 0 amide bonds. The lowest BCUT2D eigenvalue weighted by Crippen LogP contribution is -2.29. The van der Waals surface area contributed by atoms with Gasteiger partial charge in [0.25, 0.3) is 5.92 Å². The minimum Gasteiger partial charge on any atom is -0.476 e. The van der Waals surface area contributed by atoms with Crippen LogP contribution < -0.4 is 10.2 Å². The monoisotopic (exact) mass is 498 g/mol. The number of pyridine rings is 1. The molecular formula is C24H21ClF2N6O2. The maximum Gasteiger partial charge on any atom is 0.356 e. The van der Waals surface area contributed by atoms with Crippen molar-refractivity contribution < 1.29 is 18.7 Å². The molecule has 1 aromatic carbocycles. The Morgan fingerprint density at radius 1 is 1.26 bits per heavy atom. The van der Waals surface area contributed by atoms with E-state index in [1.54, 1.807) is 6.07 Å². The SMILES string of the molecule is Cc1cc([C@@H](C)Nc2ccc(Cl)nc2C(=O)O)c2nc(N3CC(F)(F)C4(CC4)C3)c(C#N)nc2c1. The van der Waals surface area contributed by atoms with Gasteiger partial charge in [-0.05, 0) is 50.5 Å². The molecule has 1 saturated heterocycles. The normalized spacial score (nSPS) is 18.5. The molecule has 2 N–H and O–H groups in total. The van der Waals surface area contributed by atoms with Crippen LogP contribution in [0, 0.1) is 23.7 Å². The molecule has 1 saturated carbocycles. The molecule has 1 atom stereocenters. The van der Waals surface area contributed by atoms with Crippen LogP contribution in [0.1, 0.15) is 53.1 Å². The lowest BCUT2D eigenvalue weighted by molar-refractivity contribution is -0.0334. The first-order chi connectivity index (χ1) is 16.5. The van der Waals surface area contributed by atoms with Gasteiger partial charge in [0.05, 0.1) is 34.7 Å². The van der Waals surface area contributed by atoms with Crippen LogP contribution in [0.15, 0.2) is 24.3 Å². The molecule has 1 spiro atoms. The number of hydrogen-bond donors (Lipinski definition) is 2. The number of anilines is 2. The number of fused-ring (bicyclic) bond motifs is 1. The van der Waals surface area contributed by atoms with E-state index in [-0.39, 0.29) is 34.6 Å². The number of carbonyl (C=O) groups is 1. The summed E-state index contributed by atoms with van der Waals surface area (Å²) < 4.78 is 29.3. The maximum atomic E-state index is 14.7. The van der Waals surface area contributed by atoms with Crippen LogP contribution >= 0.6 is 11.6 Å². The van der Waals surface area contributed by atoms with Gasteiger partial charge in [-0.15, -0.1) is 0 Å². The van der Waals surface area contributed by atoms with E-state index < -0.39 is 29.9 Å². The Balaban J connectivity index is 1.58. The summed E-state index contributed by atoms with van der Waals surface area (Å²) >= 11 is 5.86. The average Bonchev–Trinajstić information content (AvgIpc) is 3.54. The quantitative estimate of drug-likeness (QED) is 0.474. The molecule has 0 radical (unpaired) electrons. The Morgan fingerprint density at radius 3 is 2.63 bits per heavy atom. The summed E-state index contributed by atoms with van der Waals surface area (Å²) in [6.07, 6.45) is 0.900. The summed E-state index contributed by atoms with van der Waals surface area (Å²) in [7, 11) is 0. The third-order valence-electron chi connectivity index (χ3n) is 6.75. The van der Waals surface area contributed by atoms with Gasteiger partial charge in [-0.25, -0.2) is 28.5 Å². The second-order valence-corrected chi connectivity index (χ2v) is 9.66. The van der Waals surface area contributed by atoms with Crippen LogP contribution in [-0.4, -0.2) is 45.0 Å². The van der Waals surface area contributed by atoms with Crippen molar-refractivity contribution in [2.24, 2.45) is 5.41 Å². The molecule has 35 heavy (non-hydrogen) atoms. The first-order valence-electron chi connectivity index (χ1n) is 11.1. The lowest BCUT2D eigenvalue weighted by Gasteiger charge is -2.22. The van der Waals surface area contributed by atoms with Gasteiger partial charge >= 0.3 is 5.97 Å². The number of halogens is 3. The van der Waals surface area contributed by atoms with Crippen LogP contribution in [-0.2, 0) is 0 Å². The van der Waals surface area contributed by atoms with E-state index >= 15 is 0 Å². The Bertz CT molecular complexity index is 1410. The average molecular weight is 499 g/mol. The predicted molar refractivity (Wildman–Crippen MR) is 126 cm³/mol.